The summed E-state index contributed by atoms with van der Waals surface area (Å²) in [4.78, 5) is 12.4. The smallest absolute Gasteiger partial charge is 0.316 e. The predicted molar refractivity (Wildman–Crippen MR) is 113 cm³/mol. The highest BCUT2D eigenvalue weighted by molar-refractivity contribution is 7.99. The van der Waals surface area contributed by atoms with Gasteiger partial charge in [0.05, 0.1) is 6.61 Å². The zero-order chi connectivity index (χ0) is 20.8. The summed E-state index contributed by atoms with van der Waals surface area (Å²) in [5, 5.41) is 8.47. The first-order valence-electron chi connectivity index (χ1n) is 10.3. The molecule has 0 aliphatic heterocycles. The van der Waals surface area contributed by atoms with E-state index in [2.05, 4.69) is 31.0 Å². The highest BCUT2D eigenvalue weighted by Gasteiger charge is 2.33. The molecule has 0 bridgehead atoms. The number of esters is 1. The van der Waals surface area contributed by atoms with Crippen LogP contribution in [0.2, 0.25) is 0 Å². The Morgan fingerprint density at radius 2 is 2.00 bits per heavy atom. The van der Waals surface area contributed by atoms with Gasteiger partial charge in [0.1, 0.15) is 17.6 Å². The standard InChI is InChI=1S/C22H30N2O4S/c1-5-26-17-9-7-16(8-10-17)21-23-24-22(28-21)29-13-20(25)27-19-12-15(4)6-11-18(19)14(2)3/h7-10,14-15,18-19H,5-6,11-13H2,1-4H3/t15-,18+,19+/m0/s1. The summed E-state index contributed by atoms with van der Waals surface area (Å²) in [6, 6.07) is 7.47. The number of nitrogens with zero attached hydrogens (tertiary/aromatic N) is 2. The third-order valence-electron chi connectivity index (χ3n) is 5.38. The zero-order valence-electron chi connectivity index (χ0n) is 17.6. The highest BCUT2D eigenvalue weighted by Crippen LogP contribution is 2.35. The maximum Gasteiger partial charge on any atom is 0.316 e. The van der Waals surface area contributed by atoms with Gasteiger partial charge in [-0.2, -0.15) is 0 Å². The van der Waals surface area contributed by atoms with Crippen LogP contribution < -0.4 is 4.74 Å². The van der Waals surface area contributed by atoms with Crippen molar-refractivity contribution in [3.8, 4) is 17.2 Å². The van der Waals surface area contributed by atoms with Crippen LogP contribution in [0.1, 0.15) is 47.0 Å². The van der Waals surface area contributed by atoms with Crippen LogP contribution in [-0.2, 0) is 9.53 Å². The van der Waals surface area contributed by atoms with E-state index in [0.29, 0.717) is 35.5 Å². The van der Waals surface area contributed by atoms with Crippen molar-refractivity contribution >= 4 is 17.7 Å². The second-order valence-electron chi connectivity index (χ2n) is 7.97. The average Bonchev–Trinajstić information content (AvgIpc) is 3.16. The number of aromatic nitrogens is 2. The van der Waals surface area contributed by atoms with Crippen molar-refractivity contribution in [2.45, 2.75) is 58.3 Å². The van der Waals surface area contributed by atoms with Gasteiger partial charge in [-0.05, 0) is 61.8 Å². The molecule has 3 rings (SSSR count). The molecule has 0 saturated heterocycles. The molecular formula is C22H30N2O4S. The van der Waals surface area contributed by atoms with Gasteiger partial charge in [0.2, 0.25) is 5.89 Å². The van der Waals surface area contributed by atoms with Gasteiger partial charge in [-0.25, -0.2) is 0 Å². The molecular weight excluding hydrogens is 388 g/mol. The second-order valence-corrected chi connectivity index (χ2v) is 8.90. The van der Waals surface area contributed by atoms with E-state index < -0.39 is 0 Å². The minimum Gasteiger partial charge on any atom is -0.494 e. The number of hydrogen-bond acceptors (Lipinski definition) is 7. The van der Waals surface area contributed by atoms with Gasteiger partial charge in [-0.1, -0.05) is 39.0 Å². The van der Waals surface area contributed by atoms with Crippen LogP contribution in [0.15, 0.2) is 33.9 Å². The molecule has 29 heavy (non-hydrogen) atoms. The van der Waals surface area contributed by atoms with Crippen molar-refractivity contribution in [3.63, 3.8) is 0 Å². The van der Waals surface area contributed by atoms with Crippen LogP contribution in [-0.4, -0.2) is 34.6 Å². The van der Waals surface area contributed by atoms with Gasteiger partial charge in [-0.15, -0.1) is 10.2 Å². The number of ether oxygens (including phenoxy) is 2. The number of carbonyl (C=O) groups is 1. The van der Waals surface area contributed by atoms with Crippen molar-refractivity contribution in [1.82, 2.24) is 10.2 Å². The van der Waals surface area contributed by atoms with Gasteiger partial charge in [0.15, 0.2) is 0 Å². The third kappa shape index (κ3) is 5.98. The van der Waals surface area contributed by atoms with Crippen LogP contribution >= 0.6 is 11.8 Å². The first-order chi connectivity index (χ1) is 14.0. The number of thioether (sulfide) groups is 1. The Labute approximate surface area is 176 Å². The van der Waals surface area contributed by atoms with Crippen molar-refractivity contribution in [2.75, 3.05) is 12.4 Å². The van der Waals surface area contributed by atoms with Crippen LogP contribution in [0, 0.1) is 17.8 Å². The molecule has 1 aliphatic rings. The molecule has 158 valence electrons. The molecule has 1 fully saturated rings. The summed E-state index contributed by atoms with van der Waals surface area (Å²) in [7, 11) is 0. The Bertz CT molecular complexity index is 790. The first kappa shape index (κ1) is 21.7. The van der Waals surface area contributed by atoms with Crippen molar-refractivity contribution < 1.29 is 18.7 Å². The lowest BCUT2D eigenvalue weighted by Gasteiger charge is -2.36. The minimum atomic E-state index is -0.222. The van der Waals surface area contributed by atoms with Crippen LogP contribution in [0.25, 0.3) is 11.5 Å². The molecule has 1 aromatic heterocycles. The van der Waals surface area contributed by atoms with Gasteiger partial charge in [0, 0.05) is 5.56 Å². The fourth-order valence-electron chi connectivity index (χ4n) is 3.82. The molecule has 1 aliphatic carbocycles. The first-order valence-corrected chi connectivity index (χ1v) is 11.3. The monoisotopic (exact) mass is 418 g/mol. The summed E-state index contributed by atoms with van der Waals surface area (Å²) in [5.41, 5.74) is 0.811. The van der Waals surface area contributed by atoms with E-state index >= 15 is 0 Å². The second kappa shape index (κ2) is 10.1. The van der Waals surface area contributed by atoms with E-state index in [-0.39, 0.29) is 17.8 Å². The highest BCUT2D eigenvalue weighted by atomic mass is 32.2. The van der Waals surface area contributed by atoms with E-state index in [0.717, 1.165) is 24.2 Å². The normalized spacial score (nSPS) is 21.9. The Balaban J connectivity index is 1.53. The van der Waals surface area contributed by atoms with Crippen molar-refractivity contribution in [2.24, 2.45) is 17.8 Å². The Kier molecular flexibility index (Phi) is 7.58. The Morgan fingerprint density at radius 1 is 1.24 bits per heavy atom. The molecule has 2 aromatic rings. The summed E-state index contributed by atoms with van der Waals surface area (Å²) >= 11 is 1.21. The van der Waals surface area contributed by atoms with Crippen LogP contribution in [0.3, 0.4) is 0 Å². The fraction of sp³-hybridized carbons (Fsp3) is 0.591. The molecule has 0 unspecified atom stereocenters. The number of benzene rings is 1. The predicted octanol–water partition coefficient (Wildman–Crippen LogP) is 5.23. The molecule has 0 spiro atoms. The number of rotatable bonds is 8. The molecule has 1 aromatic carbocycles. The lowest BCUT2D eigenvalue weighted by atomic mass is 9.75. The summed E-state index contributed by atoms with van der Waals surface area (Å²) in [6.07, 6.45) is 3.29. The molecule has 0 N–H and O–H groups in total. The van der Waals surface area contributed by atoms with E-state index in [4.69, 9.17) is 13.9 Å². The Hall–Kier alpha value is -2.02. The van der Waals surface area contributed by atoms with Gasteiger partial charge >= 0.3 is 5.97 Å². The quantitative estimate of drug-likeness (QED) is 0.429. The van der Waals surface area contributed by atoms with Crippen molar-refractivity contribution in [1.29, 1.82) is 0 Å². The van der Waals surface area contributed by atoms with Crippen LogP contribution in [0.4, 0.5) is 0 Å². The van der Waals surface area contributed by atoms with Crippen molar-refractivity contribution in [3.05, 3.63) is 24.3 Å². The molecule has 1 heterocycles. The van der Waals surface area contributed by atoms with E-state index in [1.54, 1.807) is 0 Å². The summed E-state index contributed by atoms with van der Waals surface area (Å²) in [6.45, 7) is 9.20. The van der Waals surface area contributed by atoms with E-state index in [9.17, 15) is 4.79 Å². The van der Waals surface area contributed by atoms with E-state index in [1.807, 2.05) is 31.2 Å². The van der Waals surface area contributed by atoms with Gasteiger partial charge in [0.25, 0.3) is 5.22 Å². The summed E-state index contributed by atoms with van der Waals surface area (Å²) in [5.74, 6) is 2.72. The molecule has 7 heteroatoms. The zero-order valence-corrected chi connectivity index (χ0v) is 18.4. The van der Waals surface area contributed by atoms with Gasteiger partial charge < -0.3 is 13.9 Å². The SMILES string of the molecule is CCOc1ccc(-c2nnc(SCC(=O)O[C@@H]3C[C@@H](C)CC[C@@H]3C(C)C)o2)cc1. The van der Waals surface area contributed by atoms with E-state index in [1.165, 1.54) is 18.2 Å². The maximum absolute atomic E-state index is 12.4. The third-order valence-corrected chi connectivity index (χ3v) is 6.17. The number of carbonyl (C=O) groups excluding carboxylic acids is 1. The lowest BCUT2D eigenvalue weighted by Crippen LogP contribution is -2.36. The molecule has 1 saturated carbocycles. The average molecular weight is 419 g/mol. The lowest BCUT2D eigenvalue weighted by molar-refractivity contribution is -0.152. The minimum absolute atomic E-state index is 0.00829. The topological polar surface area (TPSA) is 74.5 Å². The van der Waals surface area contributed by atoms with Crippen LogP contribution in [0.5, 0.6) is 5.75 Å². The van der Waals surface area contributed by atoms with Gasteiger partial charge in [-0.3, -0.25) is 4.79 Å². The Morgan fingerprint density at radius 3 is 2.69 bits per heavy atom. The molecule has 0 radical (unpaired) electrons. The maximum atomic E-state index is 12.4. The number of hydrogen-bond donors (Lipinski definition) is 0. The summed E-state index contributed by atoms with van der Waals surface area (Å²) < 4.78 is 16.9. The molecule has 3 atom stereocenters. The molecule has 6 nitrogen and oxygen atoms in total. The largest absolute Gasteiger partial charge is 0.494 e. The molecule has 0 amide bonds. The fourth-order valence-corrected chi connectivity index (χ4v) is 4.36.